The minimum Gasteiger partial charge on any atom is -0.479 e. The molecule has 0 radical (unpaired) electrons. The van der Waals surface area contributed by atoms with E-state index in [1.165, 1.54) is 141 Å². The largest absolute Gasteiger partial charge is 0.479 e. The molecular formula is C48H86O4. The van der Waals surface area contributed by atoms with Crippen molar-refractivity contribution in [3.05, 3.63) is 48.6 Å². The molecule has 0 aromatic carbocycles. The molecule has 0 spiro atoms. The summed E-state index contributed by atoms with van der Waals surface area (Å²) in [5.41, 5.74) is 0. The molecule has 0 bridgehead atoms. The molecule has 0 aliphatic carbocycles. The van der Waals surface area contributed by atoms with Crippen molar-refractivity contribution >= 4 is 11.9 Å². The van der Waals surface area contributed by atoms with Crippen LogP contribution in [0.3, 0.4) is 0 Å². The monoisotopic (exact) mass is 727 g/mol. The van der Waals surface area contributed by atoms with E-state index in [0.29, 0.717) is 12.8 Å². The van der Waals surface area contributed by atoms with Gasteiger partial charge in [0, 0.05) is 6.42 Å². The first-order chi connectivity index (χ1) is 25.6. The molecule has 1 atom stereocenters. The summed E-state index contributed by atoms with van der Waals surface area (Å²) in [6.45, 7) is 4.53. The van der Waals surface area contributed by atoms with Crippen molar-refractivity contribution in [2.75, 3.05) is 0 Å². The molecule has 0 heterocycles. The van der Waals surface area contributed by atoms with Crippen LogP contribution in [-0.2, 0) is 14.3 Å². The molecule has 0 aliphatic rings. The van der Waals surface area contributed by atoms with Crippen molar-refractivity contribution in [2.24, 2.45) is 0 Å². The second kappa shape index (κ2) is 43.3. The zero-order valence-corrected chi connectivity index (χ0v) is 34.6. The molecule has 1 N–H and O–H groups in total. The molecule has 4 nitrogen and oxygen atoms in total. The van der Waals surface area contributed by atoms with E-state index in [4.69, 9.17) is 4.74 Å². The van der Waals surface area contributed by atoms with Crippen LogP contribution in [0, 0.1) is 0 Å². The van der Waals surface area contributed by atoms with Crippen LogP contribution < -0.4 is 0 Å². The van der Waals surface area contributed by atoms with Crippen LogP contribution in [-0.4, -0.2) is 23.1 Å². The van der Waals surface area contributed by atoms with E-state index >= 15 is 0 Å². The fourth-order valence-electron chi connectivity index (χ4n) is 6.66. The van der Waals surface area contributed by atoms with Crippen molar-refractivity contribution < 1.29 is 19.4 Å². The number of carbonyl (C=O) groups is 2. The third kappa shape index (κ3) is 40.7. The van der Waals surface area contributed by atoms with Gasteiger partial charge in [0.25, 0.3) is 0 Å². The number of carboxylic acid groups (broad SMARTS) is 1. The van der Waals surface area contributed by atoms with Gasteiger partial charge in [0.05, 0.1) is 0 Å². The first kappa shape index (κ1) is 49.9. The van der Waals surface area contributed by atoms with E-state index in [2.05, 4.69) is 62.5 Å². The SMILES string of the molecule is CCCCC/C=C\C/C=C\C/C=C\C/C=C\CCCCCCCC(=O)OC(CCCCCCCCCCCCCCCCCCCCCC)C(=O)O. The number of ether oxygens (including phenoxy) is 1. The van der Waals surface area contributed by atoms with Gasteiger partial charge in [-0.15, -0.1) is 0 Å². The summed E-state index contributed by atoms with van der Waals surface area (Å²) in [7, 11) is 0. The lowest BCUT2D eigenvalue weighted by Gasteiger charge is -2.13. The lowest BCUT2D eigenvalue weighted by Crippen LogP contribution is -2.27. The Bertz CT molecular complexity index is 870. The van der Waals surface area contributed by atoms with Crippen LogP contribution in [0.4, 0.5) is 0 Å². The predicted octanol–water partition coefficient (Wildman–Crippen LogP) is 15.9. The van der Waals surface area contributed by atoms with Gasteiger partial charge in [0.2, 0.25) is 0 Å². The lowest BCUT2D eigenvalue weighted by atomic mass is 10.0. The number of allylic oxidation sites excluding steroid dienone is 8. The normalized spacial score (nSPS) is 12.7. The van der Waals surface area contributed by atoms with Crippen LogP contribution >= 0.6 is 0 Å². The molecular weight excluding hydrogens is 641 g/mol. The van der Waals surface area contributed by atoms with E-state index in [-0.39, 0.29) is 5.97 Å². The topological polar surface area (TPSA) is 63.6 Å². The number of hydrogen-bond acceptors (Lipinski definition) is 3. The molecule has 0 saturated heterocycles. The molecule has 0 saturated carbocycles. The lowest BCUT2D eigenvalue weighted by molar-refractivity contribution is -0.164. The minimum atomic E-state index is -1.01. The average molecular weight is 727 g/mol. The fourth-order valence-corrected chi connectivity index (χ4v) is 6.66. The molecule has 0 rings (SSSR count). The van der Waals surface area contributed by atoms with Gasteiger partial charge < -0.3 is 9.84 Å². The van der Waals surface area contributed by atoms with Gasteiger partial charge in [0.1, 0.15) is 0 Å². The summed E-state index contributed by atoms with van der Waals surface area (Å²) in [5, 5.41) is 9.54. The van der Waals surface area contributed by atoms with Gasteiger partial charge in [-0.05, 0) is 64.2 Å². The van der Waals surface area contributed by atoms with Crippen LogP contribution in [0.1, 0.15) is 239 Å². The van der Waals surface area contributed by atoms with E-state index < -0.39 is 12.1 Å². The molecule has 302 valence electrons. The minimum absolute atomic E-state index is 0.320. The van der Waals surface area contributed by atoms with Crippen LogP contribution in [0.2, 0.25) is 0 Å². The van der Waals surface area contributed by atoms with E-state index in [0.717, 1.165) is 70.6 Å². The maximum atomic E-state index is 12.3. The maximum absolute atomic E-state index is 12.3. The summed E-state index contributed by atoms with van der Waals surface area (Å²) < 4.78 is 5.34. The highest BCUT2D eigenvalue weighted by atomic mass is 16.6. The van der Waals surface area contributed by atoms with Gasteiger partial charge in [-0.25, -0.2) is 4.79 Å². The Morgan fingerprint density at radius 3 is 1.13 bits per heavy atom. The van der Waals surface area contributed by atoms with Crippen LogP contribution in [0.25, 0.3) is 0 Å². The summed E-state index contributed by atoms with van der Waals surface area (Å²) in [5.74, 6) is -1.37. The number of aliphatic carboxylic acids is 1. The Kier molecular flexibility index (Phi) is 41.6. The number of hydrogen-bond donors (Lipinski definition) is 1. The number of carboxylic acids is 1. The Labute approximate surface area is 323 Å². The maximum Gasteiger partial charge on any atom is 0.345 e. The molecule has 0 aromatic heterocycles. The second-order valence-corrected chi connectivity index (χ2v) is 15.2. The quantitative estimate of drug-likeness (QED) is 0.0387. The number of unbranched alkanes of at least 4 members (excludes halogenated alkanes) is 27. The third-order valence-electron chi connectivity index (χ3n) is 10.1. The highest BCUT2D eigenvalue weighted by Crippen LogP contribution is 2.16. The Balaban J connectivity index is 3.57. The van der Waals surface area contributed by atoms with Crippen molar-refractivity contribution in [1.29, 1.82) is 0 Å². The molecule has 0 aromatic rings. The summed E-state index contributed by atoms with van der Waals surface area (Å²) in [6, 6.07) is 0. The van der Waals surface area contributed by atoms with E-state index in [1.807, 2.05) is 0 Å². The van der Waals surface area contributed by atoms with Crippen LogP contribution in [0.5, 0.6) is 0 Å². The van der Waals surface area contributed by atoms with Crippen molar-refractivity contribution in [3.8, 4) is 0 Å². The first-order valence-electron chi connectivity index (χ1n) is 22.6. The molecule has 52 heavy (non-hydrogen) atoms. The van der Waals surface area contributed by atoms with Crippen molar-refractivity contribution in [2.45, 2.75) is 245 Å². The highest BCUT2D eigenvalue weighted by molar-refractivity contribution is 5.77. The summed E-state index contributed by atoms with van der Waals surface area (Å²) >= 11 is 0. The third-order valence-corrected chi connectivity index (χ3v) is 10.1. The van der Waals surface area contributed by atoms with Gasteiger partial charge in [-0.2, -0.15) is 0 Å². The van der Waals surface area contributed by atoms with Gasteiger partial charge in [-0.1, -0.05) is 217 Å². The Hall–Kier alpha value is -2.10. The molecule has 4 heteroatoms. The van der Waals surface area contributed by atoms with E-state index in [9.17, 15) is 14.7 Å². The van der Waals surface area contributed by atoms with Gasteiger partial charge in [0.15, 0.2) is 6.10 Å². The van der Waals surface area contributed by atoms with Crippen molar-refractivity contribution in [1.82, 2.24) is 0 Å². The fraction of sp³-hybridized carbons (Fsp3) is 0.792. The molecule has 0 aliphatic heterocycles. The number of esters is 1. The van der Waals surface area contributed by atoms with Crippen LogP contribution in [0.15, 0.2) is 48.6 Å². The molecule has 1 unspecified atom stereocenters. The number of carbonyl (C=O) groups excluding carboxylic acids is 1. The smallest absolute Gasteiger partial charge is 0.345 e. The average Bonchev–Trinajstić information content (AvgIpc) is 3.14. The molecule has 0 amide bonds. The van der Waals surface area contributed by atoms with E-state index in [1.54, 1.807) is 0 Å². The summed E-state index contributed by atoms with van der Waals surface area (Å²) in [4.78, 5) is 23.9. The highest BCUT2D eigenvalue weighted by Gasteiger charge is 2.21. The Morgan fingerprint density at radius 1 is 0.423 bits per heavy atom. The second-order valence-electron chi connectivity index (χ2n) is 15.2. The molecule has 0 fully saturated rings. The van der Waals surface area contributed by atoms with Gasteiger partial charge in [-0.3, -0.25) is 4.79 Å². The van der Waals surface area contributed by atoms with Crippen molar-refractivity contribution in [3.63, 3.8) is 0 Å². The predicted molar refractivity (Wildman–Crippen MR) is 227 cm³/mol. The number of rotatable bonds is 41. The van der Waals surface area contributed by atoms with Gasteiger partial charge >= 0.3 is 11.9 Å². The zero-order chi connectivity index (χ0) is 37.8. The standard InChI is InChI=1S/C48H86O4/c1-3-5-7-9-11-13-15-17-19-21-23-25-27-29-31-33-35-37-39-41-43-45-47(49)52-46(48(50)51)44-42-40-38-36-34-32-30-28-26-24-22-20-18-16-14-12-10-8-6-4-2/h11,13,17,19,23,25,29,31,46H,3-10,12,14-16,18,20-22,24,26-28,30,32-45H2,1-2H3,(H,50,51)/b13-11-,19-17-,25-23-,31-29-. The Morgan fingerprint density at radius 2 is 0.731 bits per heavy atom. The summed E-state index contributed by atoms with van der Waals surface area (Å²) in [6.07, 6.45) is 58.7. The zero-order valence-electron chi connectivity index (χ0n) is 34.6. The first-order valence-corrected chi connectivity index (χ1v) is 22.6.